The highest BCUT2D eigenvalue weighted by Gasteiger charge is 2.37. The fraction of sp³-hybridized carbons (Fsp3) is 0.500. The molecule has 0 saturated heterocycles. The lowest BCUT2D eigenvalue weighted by Gasteiger charge is -2.17. The van der Waals surface area contributed by atoms with Crippen LogP contribution in [0.15, 0.2) is 21.3 Å². The van der Waals surface area contributed by atoms with Crippen molar-refractivity contribution in [1.82, 2.24) is 10.1 Å². The van der Waals surface area contributed by atoms with Gasteiger partial charge in [-0.1, -0.05) is 18.0 Å². The molecule has 0 atom stereocenters. The second-order valence-corrected chi connectivity index (χ2v) is 4.68. The van der Waals surface area contributed by atoms with Crippen LogP contribution in [0.25, 0.3) is 11.4 Å². The largest absolute Gasteiger partial charge is 0.469 e. The van der Waals surface area contributed by atoms with Gasteiger partial charge in [0.05, 0.1) is 17.4 Å². The number of nitrogens with zero attached hydrogens (tertiary/aromatic N) is 2. The third-order valence-electron chi connectivity index (χ3n) is 3.45. The van der Waals surface area contributed by atoms with E-state index in [1.807, 2.05) is 13.0 Å². The first-order chi connectivity index (χ1) is 8.19. The molecule has 2 N–H and O–H groups in total. The van der Waals surface area contributed by atoms with E-state index in [4.69, 9.17) is 14.7 Å². The average molecular weight is 233 g/mol. The SMILES string of the molecule is Cc1occc1-c1noc(C2(N)CCCC2)n1. The predicted molar refractivity (Wildman–Crippen MR) is 61.1 cm³/mol. The van der Waals surface area contributed by atoms with E-state index in [-0.39, 0.29) is 0 Å². The molecule has 0 aliphatic heterocycles. The van der Waals surface area contributed by atoms with Crippen molar-refractivity contribution in [3.63, 3.8) is 0 Å². The number of aryl methyl sites for hydroxylation is 1. The van der Waals surface area contributed by atoms with E-state index in [0.717, 1.165) is 37.0 Å². The maximum atomic E-state index is 6.27. The van der Waals surface area contributed by atoms with E-state index in [1.165, 1.54) is 0 Å². The average Bonchev–Trinajstić information content (AvgIpc) is 2.97. The fourth-order valence-electron chi connectivity index (χ4n) is 2.37. The highest BCUT2D eigenvalue weighted by Crippen LogP contribution is 2.36. The van der Waals surface area contributed by atoms with Crippen LogP contribution < -0.4 is 5.73 Å². The molecule has 0 bridgehead atoms. The number of aromatic nitrogens is 2. The Kier molecular flexibility index (Phi) is 2.29. The molecule has 5 heteroatoms. The molecule has 0 spiro atoms. The number of nitrogens with two attached hydrogens (primary N) is 1. The first-order valence-corrected chi connectivity index (χ1v) is 5.87. The van der Waals surface area contributed by atoms with Gasteiger partial charge in [-0.25, -0.2) is 0 Å². The monoisotopic (exact) mass is 233 g/mol. The number of rotatable bonds is 2. The molecule has 90 valence electrons. The van der Waals surface area contributed by atoms with Gasteiger partial charge in [-0.15, -0.1) is 0 Å². The van der Waals surface area contributed by atoms with Gasteiger partial charge in [0, 0.05) is 0 Å². The molecule has 0 radical (unpaired) electrons. The minimum atomic E-state index is -0.428. The lowest BCUT2D eigenvalue weighted by Crippen LogP contribution is -2.33. The summed E-state index contributed by atoms with van der Waals surface area (Å²) >= 11 is 0. The normalized spacial score (nSPS) is 18.7. The molecular formula is C12H15N3O2. The van der Waals surface area contributed by atoms with Crippen LogP contribution in [-0.2, 0) is 5.54 Å². The molecular weight excluding hydrogens is 218 g/mol. The topological polar surface area (TPSA) is 78.1 Å². The molecule has 17 heavy (non-hydrogen) atoms. The Morgan fingerprint density at radius 2 is 2.12 bits per heavy atom. The highest BCUT2D eigenvalue weighted by atomic mass is 16.5. The minimum absolute atomic E-state index is 0.428. The maximum absolute atomic E-state index is 6.27. The molecule has 0 amide bonds. The van der Waals surface area contributed by atoms with E-state index in [0.29, 0.717) is 11.7 Å². The second-order valence-electron chi connectivity index (χ2n) is 4.68. The van der Waals surface area contributed by atoms with E-state index in [9.17, 15) is 0 Å². The molecule has 1 saturated carbocycles. The van der Waals surface area contributed by atoms with Crippen molar-refractivity contribution in [2.75, 3.05) is 0 Å². The summed E-state index contributed by atoms with van der Waals surface area (Å²) in [5.41, 5.74) is 6.70. The van der Waals surface area contributed by atoms with Crippen molar-refractivity contribution in [3.05, 3.63) is 24.0 Å². The first-order valence-electron chi connectivity index (χ1n) is 5.87. The lowest BCUT2D eigenvalue weighted by molar-refractivity contribution is 0.285. The summed E-state index contributed by atoms with van der Waals surface area (Å²) in [4.78, 5) is 4.40. The Morgan fingerprint density at radius 3 is 2.76 bits per heavy atom. The van der Waals surface area contributed by atoms with Gasteiger partial charge in [0.15, 0.2) is 0 Å². The van der Waals surface area contributed by atoms with Gasteiger partial charge in [-0.3, -0.25) is 0 Å². The van der Waals surface area contributed by atoms with Gasteiger partial charge in [0.25, 0.3) is 0 Å². The van der Waals surface area contributed by atoms with Crippen LogP contribution in [0.4, 0.5) is 0 Å². The minimum Gasteiger partial charge on any atom is -0.469 e. The summed E-state index contributed by atoms with van der Waals surface area (Å²) in [6, 6.07) is 1.84. The molecule has 3 rings (SSSR count). The molecule has 2 heterocycles. The van der Waals surface area contributed by atoms with Crippen molar-refractivity contribution < 1.29 is 8.94 Å². The Bertz CT molecular complexity index is 523. The van der Waals surface area contributed by atoms with Crippen LogP contribution in [0.2, 0.25) is 0 Å². The van der Waals surface area contributed by atoms with Gasteiger partial charge in [0.2, 0.25) is 11.7 Å². The summed E-state index contributed by atoms with van der Waals surface area (Å²) in [6.45, 7) is 1.87. The highest BCUT2D eigenvalue weighted by molar-refractivity contribution is 5.56. The van der Waals surface area contributed by atoms with Crippen LogP contribution in [0, 0.1) is 6.92 Å². The molecule has 1 aliphatic carbocycles. The fourth-order valence-corrected chi connectivity index (χ4v) is 2.37. The van der Waals surface area contributed by atoms with Gasteiger partial charge in [0.1, 0.15) is 5.76 Å². The second kappa shape index (κ2) is 3.70. The Balaban J connectivity index is 1.96. The number of furan rings is 1. The molecule has 5 nitrogen and oxygen atoms in total. The zero-order chi connectivity index (χ0) is 11.9. The smallest absolute Gasteiger partial charge is 0.247 e. The van der Waals surface area contributed by atoms with E-state index >= 15 is 0 Å². The van der Waals surface area contributed by atoms with E-state index < -0.39 is 5.54 Å². The van der Waals surface area contributed by atoms with Gasteiger partial charge < -0.3 is 14.7 Å². The molecule has 2 aromatic rings. The van der Waals surface area contributed by atoms with Crippen LogP contribution >= 0.6 is 0 Å². The third-order valence-corrected chi connectivity index (χ3v) is 3.45. The molecule has 1 aliphatic rings. The van der Waals surface area contributed by atoms with Crippen LogP contribution in [0.3, 0.4) is 0 Å². The van der Waals surface area contributed by atoms with Crippen molar-refractivity contribution in [3.8, 4) is 11.4 Å². The summed E-state index contributed by atoms with van der Waals surface area (Å²) < 4.78 is 10.5. The molecule has 0 aromatic carbocycles. The Morgan fingerprint density at radius 1 is 1.35 bits per heavy atom. The summed E-state index contributed by atoms with van der Waals surface area (Å²) in [5, 5.41) is 3.98. The number of hydrogen-bond acceptors (Lipinski definition) is 5. The summed E-state index contributed by atoms with van der Waals surface area (Å²) in [6.07, 6.45) is 5.70. The van der Waals surface area contributed by atoms with Crippen LogP contribution in [0.5, 0.6) is 0 Å². The quantitative estimate of drug-likeness (QED) is 0.861. The van der Waals surface area contributed by atoms with Crippen LogP contribution in [0.1, 0.15) is 37.3 Å². The zero-order valence-corrected chi connectivity index (χ0v) is 9.77. The lowest BCUT2D eigenvalue weighted by atomic mass is 9.99. The summed E-state index contributed by atoms with van der Waals surface area (Å²) in [7, 11) is 0. The third kappa shape index (κ3) is 1.67. The summed E-state index contributed by atoms with van der Waals surface area (Å²) in [5.74, 6) is 1.89. The van der Waals surface area contributed by atoms with Crippen molar-refractivity contribution in [1.29, 1.82) is 0 Å². The van der Waals surface area contributed by atoms with Crippen LogP contribution in [-0.4, -0.2) is 10.1 Å². The van der Waals surface area contributed by atoms with E-state index in [1.54, 1.807) is 6.26 Å². The van der Waals surface area contributed by atoms with Gasteiger partial charge in [-0.2, -0.15) is 4.98 Å². The molecule has 0 unspecified atom stereocenters. The van der Waals surface area contributed by atoms with Gasteiger partial charge >= 0.3 is 0 Å². The van der Waals surface area contributed by atoms with E-state index in [2.05, 4.69) is 10.1 Å². The first kappa shape index (κ1) is 10.5. The van der Waals surface area contributed by atoms with Crippen molar-refractivity contribution >= 4 is 0 Å². The maximum Gasteiger partial charge on any atom is 0.247 e. The molecule has 1 fully saturated rings. The predicted octanol–water partition coefficient (Wildman–Crippen LogP) is 2.37. The Hall–Kier alpha value is -1.62. The standard InChI is InChI=1S/C12H15N3O2/c1-8-9(4-7-16-8)10-14-11(17-15-10)12(13)5-2-3-6-12/h4,7H,2-3,5-6,13H2,1H3. The van der Waals surface area contributed by atoms with Crippen molar-refractivity contribution in [2.45, 2.75) is 38.1 Å². The molecule has 2 aromatic heterocycles. The van der Waals surface area contributed by atoms with Crippen molar-refractivity contribution in [2.24, 2.45) is 5.73 Å². The Labute approximate surface area is 99.0 Å². The zero-order valence-electron chi connectivity index (χ0n) is 9.77. The van der Waals surface area contributed by atoms with Gasteiger partial charge in [-0.05, 0) is 25.8 Å². The number of hydrogen-bond donors (Lipinski definition) is 1.